The van der Waals surface area contributed by atoms with E-state index >= 15 is 0 Å². The largest absolute Gasteiger partial charge is 0.462 e. The minimum Gasteiger partial charge on any atom is -0.462 e. The van der Waals surface area contributed by atoms with Crippen LogP contribution in [-0.2, 0) is 14.3 Å². The molecule has 0 saturated carbocycles. The first-order chi connectivity index (χ1) is 12.3. The molecule has 0 spiro atoms. The highest BCUT2D eigenvalue weighted by Crippen LogP contribution is 2.33. The molecule has 0 aliphatic rings. The summed E-state index contributed by atoms with van der Waals surface area (Å²) < 4.78 is 10.1. The van der Waals surface area contributed by atoms with Crippen molar-refractivity contribution in [3.05, 3.63) is 38.4 Å². The van der Waals surface area contributed by atoms with Crippen LogP contribution in [0.1, 0.15) is 56.5 Å². The Morgan fingerprint density at radius 3 is 2.42 bits per heavy atom. The van der Waals surface area contributed by atoms with Gasteiger partial charge in [0.15, 0.2) is 6.61 Å². The number of aryl methyl sites for hydroxylation is 1. The summed E-state index contributed by atoms with van der Waals surface area (Å²) in [6, 6.07) is 5.20. The maximum Gasteiger partial charge on any atom is 0.348 e. The zero-order chi connectivity index (χ0) is 19.3. The number of thiophene rings is 2. The Morgan fingerprint density at radius 1 is 1.12 bits per heavy atom. The molecule has 8 heteroatoms. The molecule has 1 N–H and O–H groups in total. The van der Waals surface area contributed by atoms with E-state index in [0.29, 0.717) is 15.4 Å². The number of rotatable bonds is 7. The van der Waals surface area contributed by atoms with Crippen LogP contribution < -0.4 is 5.32 Å². The molecule has 26 heavy (non-hydrogen) atoms. The third-order valence-corrected chi connectivity index (χ3v) is 5.68. The lowest BCUT2D eigenvalue weighted by molar-refractivity contribution is -0.119. The topological polar surface area (TPSA) is 81.7 Å². The number of carbonyl (C=O) groups is 3. The Morgan fingerprint density at radius 2 is 1.85 bits per heavy atom. The average Bonchev–Trinajstić information content (AvgIpc) is 3.19. The first kappa shape index (κ1) is 20.1. The minimum absolute atomic E-state index is 0.207. The van der Waals surface area contributed by atoms with Gasteiger partial charge in [0.25, 0.3) is 5.91 Å². The molecule has 0 unspecified atom stereocenters. The van der Waals surface area contributed by atoms with E-state index in [1.54, 1.807) is 19.1 Å². The molecule has 0 aliphatic carbocycles. The van der Waals surface area contributed by atoms with E-state index in [1.165, 1.54) is 22.7 Å². The van der Waals surface area contributed by atoms with Gasteiger partial charge in [-0.1, -0.05) is 13.8 Å². The van der Waals surface area contributed by atoms with Crippen LogP contribution in [0.15, 0.2) is 18.2 Å². The molecule has 2 rings (SSSR count). The van der Waals surface area contributed by atoms with Crippen LogP contribution in [0.2, 0.25) is 0 Å². The zero-order valence-electron chi connectivity index (χ0n) is 15.1. The van der Waals surface area contributed by atoms with Crippen LogP contribution in [0, 0.1) is 6.92 Å². The number of esters is 2. The zero-order valence-corrected chi connectivity index (χ0v) is 16.7. The minimum atomic E-state index is -0.544. The normalized spacial score (nSPS) is 10.7. The van der Waals surface area contributed by atoms with Gasteiger partial charge in [0.1, 0.15) is 9.88 Å². The average molecular weight is 396 g/mol. The Kier molecular flexibility index (Phi) is 6.93. The van der Waals surface area contributed by atoms with Crippen LogP contribution in [0.5, 0.6) is 0 Å². The van der Waals surface area contributed by atoms with Gasteiger partial charge in [-0.05, 0) is 38.0 Å². The number of hydrogen-bond donors (Lipinski definition) is 1. The molecular weight excluding hydrogens is 374 g/mol. The van der Waals surface area contributed by atoms with Crippen molar-refractivity contribution >= 4 is 45.5 Å². The van der Waals surface area contributed by atoms with Crippen LogP contribution in [-0.4, -0.2) is 31.1 Å². The second-order valence-electron chi connectivity index (χ2n) is 5.80. The molecule has 140 valence electrons. The summed E-state index contributed by atoms with van der Waals surface area (Å²) in [4.78, 5) is 38.5. The molecular formula is C18H21NO5S2. The molecule has 0 radical (unpaired) electrons. The first-order valence-electron chi connectivity index (χ1n) is 8.16. The number of hydrogen-bond acceptors (Lipinski definition) is 7. The highest BCUT2D eigenvalue weighted by Gasteiger charge is 2.21. The molecule has 0 saturated heterocycles. The van der Waals surface area contributed by atoms with Gasteiger partial charge in [0.05, 0.1) is 12.2 Å². The fraction of sp³-hybridized carbons (Fsp3) is 0.389. The number of carbonyl (C=O) groups excluding carboxylic acids is 3. The van der Waals surface area contributed by atoms with Gasteiger partial charge in [0.2, 0.25) is 0 Å². The molecule has 2 aromatic heterocycles. The summed E-state index contributed by atoms with van der Waals surface area (Å²) in [5, 5.41) is 3.05. The van der Waals surface area contributed by atoms with Gasteiger partial charge < -0.3 is 14.8 Å². The van der Waals surface area contributed by atoms with Crippen LogP contribution in [0.25, 0.3) is 0 Å². The Labute approximate surface area is 160 Å². The molecule has 2 heterocycles. The number of nitrogens with one attached hydrogen (secondary N) is 1. The number of anilines is 1. The van der Waals surface area contributed by atoms with E-state index in [0.717, 1.165) is 9.75 Å². The van der Waals surface area contributed by atoms with Gasteiger partial charge in [-0.25, -0.2) is 9.59 Å². The van der Waals surface area contributed by atoms with E-state index in [4.69, 9.17) is 9.47 Å². The predicted octanol–water partition coefficient (Wildman–Crippen LogP) is 4.21. The maximum atomic E-state index is 12.1. The summed E-state index contributed by atoms with van der Waals surface area (Å²) in [5.74, 6) is -1.33. The molecule has 0 atom stereocenters. The van der Waals surface area contributed by atoms with Gasteiger partial charge in [-0.15, -0.1) is 22.7 Å². The first-order valence-corrected chi connectivity index (χ1v) is 9.79. The van der Waals surface area contributed by atoms with Crippen molar-refractivity contribution in [2.75, 3.05) is 18.5 Å². The fourth-order valence-corrected chi connectivity index (χ4v) is 3.88. The van der Waals surface area contributed by atoms with Crippen molar-refractivity contribution in [3.63, 3.8) is 0 Å². The van der Waals surface area contributed by atoms with Crippen molar-refractivity contribution in [2.45, 2.75) is 33.6 Å². The van der Waals surface area contributed by atoms with E-state index in [9.17, 15) is 14.4 Å². The van der Waals surface area contributed by atoms with Gasteiger partial charge >= 0.3 is 11.9 Å². The molecule has 0 fully saturated rings. The van der Waals surface area contributed by atoms with Crippen LogP contribution in [0.3, 0.4) is 0 Å². The third kappa shape index (κ3) is 5.15. The van der Waals surface area contributed by atoms with Crippen molar-refractivity contribution in [1.29, 1.82) is 0 Å². The summed E-state index contributed by atoms with van der Waals surface area (Å²) >= 11 is 2.62. The van der Waals surface area contributed by atoms with E-state index in [1.807, 2.05) is 26.8 Å². The fourth-order valence-electron chi connectivity index (χ4n) is 2.06. The second kappa shape index (κ2) is 8.95. The number of amides is 1. The molecule has 0 aromatic carbocycles. The summed E-state index contributed by atoms with van der Waals surface area (Å²) in [6.45, 7) is 7.42. The lowest BCUT2D eigenvalue weighted by atomic mass is 10.1. The Hall–Kier alpha value is -2.19. The smallest absolute Gasteiger partial charge is 0.348 e. The van der Waals surface area contributed by atoms with E-state index < -0.39 is 24.5 Å². The predicted molar refractivity (Wildman–Crippen MR) is 102 cm³/mol. The van der Waals surface area contributed by atoms with Crippen LogP contribution >= 0.6 is 22.7 Å². The lowest BCUT2D eigenvalue weighted by Gasteiger charge is -2.06. The molecule has 0 bridgehead atoms. The molecule has 2 aromatic rings. The SMILES string of the molecule is CCOC(=O)c1cc(C(C)C)sc1NC(=O)COC(=O)c1ccc(C)s1. The summed E-state index contributed by atoms with van der Waals surface area (Å²) in [7, 11) is 0. The van der Waals surface area contributed by atoms with Gasteiger partial charge in [0, 0.05) is 9.75 Å². The van der Waals surface area contributed by atoms with Crippen molar-refractivity contribution in [3.8, 4) is 0 Å². The van der Waals surface area contributed by atoms with Crippen molar-refractivity contribution < 1.29 is 23.9 Å². The van der Waals surface area contributed by atoms with Gasteiger partial charge in [-0.2, -0.15) is 0 Å². The highest BCUT2D eigenvalue weighted by atomic mass is 32.1. The second-order valence-corrected chi connectivity index (χ2v) is 8.17. The molecule has 6 nitrogen and oxygen atoms in total. The summed E-state index contributed by atoms with van der Waals surface area (Å²) in [5.41, 5.74) is 0.314. The quantitative estimate of drug-likeness (QED) is 0.710. The Balaban J connectivity index is 2.03. The Bertz CT molecular complexity index is 806. The van der Waals surface area contributed by atoms with Crippen LogP contribution in [0.4, 0.5) is 5.00 Å². The highest BCUT2D eigenvalue weighted by molar-refractivity contribution is 7.16. The van der Waals surface area contributed by atoms with E-state index in [-0.39, 0.29) is 12.5 Å². The standard InChI is InChI=1S/C18H21NO5S2/c1-5-23-17(21)12-8-14(10(2)3)26-16(12)19-15(20)9-24-18(22)13-7-6-11(4)25-13/h6-8,10H,5,9H2,1-4H3,(H,19,20). The monoisotopic (exact) mass is 395 g/mol. The van der Waals surface area contributed by atoms with Crippen molar-refractivity contribution in [1.82, 2.24) is 0 Å². The maximum absolute atomic E-state index is 12.1. The molecule has 1 amide bonds. The third-order valence-electron chi connectivity index (χ3n) is 3.34. The van der Waals surface area contributed by atoms with Crippen molar-refractivity contribution in [2.24, 2.45) is 0 Å². The summed E-state index contributed by atoms with van der Waals surface area (Å²) in [6.07, 6.45) is 0. The van der Waals surface area contributed by atoms with E-state index in [2.05, 4.69) is 5.32 Å². The molecule has 0 aliphatic heterocycles. The number of ether oxygens (including phenoxy) is 2. The lowest BCUT2D eigenvalue weighted by Crippen LogP contribution is -2.21. The van der Waals surface area contributed by atoms with Gasteiger partial charge in [-0.3, -0.25) is 4.79 Å².